The molecule has 0 aliphatic heterocycles. The lowest BCUT2D eigenvalue weighted by Gasteiger charge is -2.07. The Hall–Kier alpha value is -3.54. The number of benzene rings is 1. The summed E-state index contributed by atoms with van der Waals surface area (Å²) in [6.07, 6.45) is 0.280. The van der Waals surface area contributed by atoms with Gasteiger partial charge in [-0.3, -0.25) is 4.79 Å². The van der Waals surface area contributed by atoms with Crippen LogP contribution in [0, 0.1) is 11.8 Å². The molecular formula is C21H18F3N5O. The third kappa shape index (κ3) is 4.71. The van der Waals surface area contributed by atoms with Crippen LogP contribution in [-0.2, 0) is 17.8 Å². The summed E-state index contributed by atoms with van der Waals surface area (Å²) in [5, 5.41) is 3.22. The predicted molar refractivity (Wildman–Crippen MR) is 105 cm³/mol. The molecule has 154 valence electrons. The first kappa shape index (κ1) is 19.8. The molecular weight excluding hydrogens is 395 g/mol. The van der Waals surface area contributed by atoms with Gasteiger partial charge in [0.1, 0.15) is 24.3 Å². The predicted octanol–water partition coefficient (Wildman–Crippen LogP) is 2.80. The van der Waals surface area contributed by atoms with E-state index in [4.69, 9.17) is 5.73 Å². The number of nitrogens with one attached hydrogen (secondary N) is 1. The summed E-state index contributed by atoms with van der Waals surface area (Å²) in [5.41, 5.74) is 7.70. The van der Waals surface area contributed by atoms with E-state index < -0.39 is 12.7 Å². The minimum Gasteiger partial charge on any atom is -0.383 e. The molecule has 1 aromatic carbocycles. The van der Waals surface area contributed by atoms with E-state index in [9.17, 15) is 18.0 Å². The van der Waals surface area contributed by atoms with E-state index in [2.05, 4.69) is 27.1 Å². The number of nitrogen functional groups attached to an aromatic ring is 1. The summed E-state index contributed by atoms with van der Waals surface area (Å²) in [7, 11) is 0. The summed E-state index contributed by atoms with van der Waals surface area (Å²) in [5.74, 6) is 5.84. The maximum absolute atomic E-state index is 12.9. The SMILES string of the molecule is Nc1ncnc2c1c(C#Cc1cccc(CC(=O)NC3CC3)c1)cn2CC(F)(F)F. The first-order chi connectivity index (χ1) is 14.3. The lowest BCUT2D eigenvalue weighted by atomic mass is 10.1. The lowest BCUT2D eigenvalue weighted by molar-refractivity contribution is -0.140. The molecule has 2 heterocycles. The van der Waals surface area contributed by atoms with Gasteiger partial charge in [0.05, 0.1) is 17.4 Å². The summed E-state index contributed by atoms with van der Waals surface area (Å²) in [4.78, 5) is 19.8. The molecule has 0 saturated heterocycles. The quantitative estimate of drug-likeness (QED) is 0.644. The van der Waals surface area contributed by atoms with Crippen molar-refractivity contribution < 1.29 is 18.0 Å². The Kier molecular flexibility index (Phi) is 5.08. The van der Waals surface area contributed by atoms with Crippen molar-refractivity contribution in [2.75, 3.05) is 5.73 Å². The number of halogens is 3. The van der Waals surface area contributed by atoms with Crippen LogP contribution in [0.3, 0.4) is 0 Å². The Labute approximate surface area is 170 Å². The van der Waals surface area contributed by atoms with Crippen LogP contribution in [0.4, 0.5) is 19.0 Å². The number of carbonyl (C=O) groups excluding carboxylic acids is 1. The van der Waals surface area contributed by atoms with Crippen molar-refractivity contribution in [1.82, 2.24) is 19.9 Å². The number of fused-ring (bicyclic) bond motifs is 1. The molecule has 9 heteroatoms. The van der Waals surface area contributed by atoms with Crippen molar-refractivity contribution in [3.8, 4) is 11.8 Å². The Morgan fingerprint density at radius 1 is 1.27 bits per heavy atom. The van der Waals surface area contributed by atoms with Crippen LogP contribution in [-0.4, -0.2) is 32.7 Å². The molecule has 0 spiro atoms. The average Bonchev–Trinajstić information content (AvgIpc) is 3.40. The van der Waals surface area contributed by atoms with Crippen LogP contribution >= 0.6 is 0 Å². The second kappa shape index (κ2) is 7.71. The highest BCUT2D eigenvalue weighted by Gasteiger charge is 2.29. The van der Waals surface area contributed by atoms with Crippen molar-refractivity contribution >= 4 is 22.8 Å². The molecule has 0 atom stereocenters. The Balaban J connectivity index is 1.62. The fourth-order valence-corrected chi connectivity index (χ4v) is 3.15. The molecule has 3 aromatic rings. The number of nitrogens with two attached hydrogens (primary N) is 1. The van der Waals surface area contributed by atoms with Crippen LogP contribution in [0.5, 0.6) is 0 Å². The molecule has 2 aromatic heterocycles. The molecule has 1 aliphatic rings. The lowest BCUT2D eigenvalue weighted by Crippen LogP contribution is -2.26. The zero-order valence-corrected chi connectivity index (χ0v) is 15.8. The highest BCUT2D eigenvalue weighted by atomic mass is 19.4. The molecule has 30 heavy (non-hydrogen) atoms. The normalized spacial score (nSPS) is 13.7. The highest BCUT2D eigenvalue weighted by molar-refractivity contribution is 5.92. The third-order valence-electron chi connectivity index (χ3n) is 4.61. The zero-order valence-electron chi connectivity index (χ0n) is 15.8. The number of hydrogen-bond donors (Lipinski definition) is 2. The number of carbonyl (C=O) groups is 1. The van der Waals surface area contributed by atoms with E-state index in [1.54, 1.807) is 18.2 Å². The van der Waals surface area contributed by atoms with Crippen LogP contribution in [0.25, 0.3) is 11.0 Å². The van der Waals surface area contributed by atoms with Gasteiger partial charge in [-0.2, -0.15) is 13.2 Å². The molecule has 1 amide bonds. The second-order valence-electron chi connectivity index (χ2n) is 7.21. The summed E-state index contributed by atoms with van der Waals surface area (Å²) < 4.78 is 39.7. The minimum atomic E-state index is -4.41. The van der Waals surface area contributed by atoms with Gasteiger partial charge in [0.2, 0.25) is 5.91 Å². The number of anilines is 1. The summed E-state index contributed by atoms with van der Waals surface area (Å²) in [6, 6.07) is 7.47. The topological polar surface area (TPSA) is 85.8 Å². The molecule has 4 rings (SSSR count). The van der Waals surface area contributed by atoms with E-state index >= 15 is 0 Å². The van der Waals surface area contributed by atoms with Gasteiger partial charge in [0.15, 0.2) is 0 Å². The van der Waals surface area contributed by atoms with Gasteiger partial charge in [-0.15, -0.1) is 0 Å². The number of hydrogen-bond acceptors (Lipinski definition) is 4. The van der Waals surface area contributed by atoms with Gasteiger partial charge < -0.3 is 15.6 Å². The maximum atomic E-state index is 12.9. The molecule has 1 saturated carbocycles. The highest BCUT2D eigenvalue weighted by Crippen LogP contribution is 2.27. The largest absolute Gasteiger partial charge is 0.406 e. The molecule has 0 unspecified atom stereocenters. The van der Waals surface area contributed by atoms with Gasteiger partial charge >= 0.3 is 6.18 Å². The summed E-state index contributed by atoms with van der Waals surface area (Å²) in [6.45, 7) is -1.20. The van der Waals surface area contributed by atoms with E-state index in [0.717, 1.165) is 29.3 Å². The monoisotopic (exact) mass is 413 g/mol. The smallest absolute Gasteiger partial charge is 0.383 e. The molecule has 6 nitrogen and oxygen atoms in total. The van der Waals surface area contributed by atoms with Crippen molar-refractivity contribution in [3.05, 3.63) is 53.5 Å². The van der Waals surface area contributed by atoms with Crippen LogP contribution in [0.2, 0.25) is 0 Å². The van der Waals surface area contributed by atoms with Crippen LogP contribution in [0.15, 0.2) is 36.8 Å². The summed E-state index contributed by atoms with van der Waals surface area (Å²) >= 11 is 0. The first-order valence-corrected chi connectivity index (χ1v) is 9.35. The Morgan fingerprint density at radius 3 is 2.80 bits per heavy atom. The van der Waals surface area contributed by atoms with E-state index in [-0.39, 0.29) is 29.2 Å². The molecule has 1 aliphatic carbocycles. The number of alkyl halides is 3. The Bertz CT molecular complexity index is 1170. The third-order valence-corrected chi connectivity index (χ3v) is 4.61. The minimum absolute atomic E-state index is 0.0391. The van der Waals surface area contributed by atoms with Crippen molar-refractivity contribution in [1.29, 1.82) is 0 Å². The molecule has 3 N–H and O–H groups in total. The van der Waals surface area contributed by atoms with E-state index in [1.807, 2.05) is 6.07 Å². The average molecular weight is 413 g/mol. The van der Waals surface area contributed by atoms with Crippen LogP contribution < -0.4 is 11.1 Å². The van der Waals surface area contributed by atoms with Crippen LogP contribution in [0.1, 0.15) is 29.5 Å². The molecule has 1 fully saturated rings. The van der Waals surface area contributed by atoms with E-state index in [1.165, 1.54) is 6.20 Å². The van der Waals surface area contributed by atoms with Gasteiger partial charge in [-0.25, -0.2) is 9.97 Å². The standard InChI is InChI=1S/C21H18F3N5O/c22-21(23,24)11-29-10-15(18-19(25)26-12-27-20(18)29)5-4-13-2-1-3-14(8-13)9-17(30)28-16-6-7-16/h1-3,8,10,12,16H,6-7,9,11H2,(H,28,30)(H2,25,26,27). The van der Waals surface area contributed by atoms with Crippen molar-refractivity contribution in [3.63, 3.8) is 0 Å². The van der Waals surface area contributed by atoms with Crippen molar-refractivity contribution in [2.24, 2.45) is 0 Å². The van der Waals surface area contributed by atoms with Crippen molar-refractivity contribution in [2.45, 2.75) is 38.0 Å². The maximum Gasteiger partial charge on any atom is 0.406 e. The van der Waals surface area contributed by atoms with Gasteiger partial charge in [0, 0.05) is 17.8 Å². The van der Waals surface area contributed by atoms with Gasteiger partial charge in [-0.05, 0) is 30.5 Å². The first-order valence-electron chi connectivity index (χ1n) is 9.35. The molecule has 0 bridgehead atoms. The zero-order chi connectivity index (χ0) is 21.3. The number of amides is 1. The fraction of sp³-hybridized carbons (Fsp3) is 0.286. The molecule has 0 radical (unpaired) electrons. The Morgan fingerprint density at radius 2 is 2.07 bits per heavy atom. The van der Waals surface area contributed by atoms with E-state index in [0.29, 0.717) is 17.2 Å². The second-order valence-corrected chi connectivity index (χ2v) is 7.21. The number of rotatable bonds is 4. The number of nitrogens with zero attached hydrogens (tertiary/aromatic N) is 3. The van der Waals surface area contributed by atoms with Gasteiger partial charge in [0.25, 0.3) is 0 Å². The van der Waals surface area contributed by atoms with Gasteiger partial charge in [-0.1, -0.05) is 24.0 Å². The number of aromatic nitrogens is 3. The fourth-order valence-electron chi connectivity index (χ4n) is 3.15.